The predicted molar refractivity (Wildman–Crippen MR) is 142 cm³/mol. The molecule has 1 amide bonds. The molecule has 0 spiro atoms. The topological polar surface area (TPSA) is 144 Å². The maximum absolute atomic E-state index is 13.3. The number of amides is 1. The normalized spacial score (nSPS) is 18.2. The standard InChI is InChI=1S/C24H28N6O5S2/c1-25-11-12-26-20-9-8-19-23(28-20)36-24(27-19)29-22(31)21(30-35-16-10-13-34-14-16)15-2-4-17(5-3-15)37(32,33)18-6-7-18/h2-5,8-9,16,18,25H,6-7,10-14H2,1H3,(H,26,28)(H,27,29,31)/b30-21+/t16-/m1/s1. The van der Waals surface area contributed by atoms with Gasteiger partial charge in [-0.1, -0.05) is 28.6 Å². The number of benzene rings is 1. The van der Waals surface area contributed by atoms with Crippen LogP contribution in [0, 0.1) is 0 Å². The highest BCUT2D eigenvalue weighted by Gasteiger charge is 2.36. The van der Waals surface area contributed by atoms with E-state index in [0.717, 1.165) is 18.9 Å². The highest BCUT2D eigenvalue weighted by molar-refractivity contribution is 7.92. The first-order chi connectivity index (χ1) is 17.9. The first kappa shape index (κ1) is 25.5. The van der Waals surface area contributed by atoms with Gasteiger partial charge in [-0.05, 0) is 44.2 Å². The lowest BCUT2D eigenvalue weighted by atomic mass is 10.1. The zero-order valence-electron chi connectivity index (χ0n) is 20.3. The summed E-state index contributed by atoms with van der Waals surface area (Å²) < 4.78 is 30.5. The fourth-order valence-corrected chi connectivity index (χ4v) is 6.25. The van der Waals surface area contributed by atoms with Crippen molar-refractivity contribution < 1.29 is 22.8 Å². The summed E-state index contributed by atoms with van der Waals surface area (Å²) in [6, 6.07) is 9.85. The molecule has 2 fully saturated rings. The summed E-state index contributed by atoms with van der Waals surface area (Å²) in [5.74, 6) is 0.197. The summed E-state index contributed by atoms with van der Waals surface area (Å²) in [4.78, 5) is 28.8. The summed E-state index contributed by atoms with van der Waals surface area (Å²) in [5, 5.41) is 13.3. The SMILES string of the molecule is CNCCNc1ccc2nc(NC(=O)/C(=N/O[C@@H]3CCOC3)c3ccc(S(=O)(=O)C4CC4)cc3)sc2n1. The second-order valence-electron chi connectivity index (χ2n) is 8.82. The van der Waals surface area contributed by atoms with Crippen LogP contribution in [0.2, 0.25) is 0 Å². The van der Waals surface area contributed by atoms with Crippen LogP contribution >= 0.6 is 11.3 Å². The third-order valence-electron chi connectivity index (χ3n) is 5.97. The molecule has 0 unspecified atom stereocenters. The Morgan fingerprint density at radius 2 is 1.95 bits per heavy atom. The van der Waals surface area contributed by atoms with Crippen LogP contribution < -0.4 is 16.0 Å². The third-order valence-corrected chi connectivity index (χ3v) is 9.13. The summed E-state index contributed by atoms with van der Waals surface area (Å²) in [7, 11) is -1.46. The number of sulfone groups is 1. The van der Waals surface area contributed by atoms with Crippen molar-refractivity contribution >= 4 is 54.1 Å². The van der Waals surface area contributed by atoms with Gasteiger partial charge in [0.15, 0.2) is 26.8 Å². The molecular formula is C24H28N6O5S2. The average molecular weight is 545 g/mol. The van der Waals surface area contributed by atoms with Gasteiger partial charge in [0.25, 0.3) is 5.91 Å². The van der Waals surface area contributed by atoms with Gasteiger partial charge in [-0.25, -0.2) is 18.4 Å². The number of hydrogen-bond acceptors (Lipinski definition) is 11. The molecule has 5 rings (SSSR count). The molecular weight excluding hydrogens is 516 g/mol. The smallest absolute Gasteiger partial charge is 0.280 e. The van der Waals surface area contributed by atoms with Crippen LogP contribution in [-0.4, -0.2) is 74.7 Å². The first-order valence-electron chi connectivity index (χ1n) is 12.1. The average Bonchev–Trinajstić information content (AvgIpc) is 3.50. The van der Waals surface area contributed by atoms with Crippen LogP contribution in [0.3, 0.4) is 0 Å². The fraction of sp³-hybridized carbons (Fsp3) is 0.417. The Morgan fingerprint density at radius 3 is 2.65 bits per heavy atom. The molecule has 13 heteroatoms. The van der Waals surface area contributed by atoms with Crippen LogP contribution in [0.5, 0.6) is 0 Å². The maximum atomic E-state index is 13.3. The molecule has 11 nitrogen and oxygen atoms in total. The molecule has 1 aromatic carbocycles. The number of carbonyl (C=O) groups is 1. The lowest BCUT2D eigenvalue weighted by Gasteiger charge is -2.10. The zero-order chi connectivity index (χ0) is 25.8. The number of ether oxygens (including phenoxy) is 1. The van der Waals surface area contributed by atoms with Gasteiger partial charge < -0.3 is 20.2 Å². The number of carbonyl (C=O) groups excluding carboxylic acids is 1. The molecule has 2 aromatic heterocycles. The van der Waals surface area contributed by atoms with E-state index in [4.69, 9.17) is 9.57 Å². The Hall–Kier alpha value is -3.13. The Balaban J connectivity index is 1.36. The third kappa shape index (κ3) is 6.06. The zero-order valence-corrected chi connectivity index (χ0v) is 21.9. The molecule has 3 heterocycles. The minimum absolute atomic E-state index is 0.0175. The molecule has 2 aliphatic rings. The number of oxime groups is 1. The quantitative estimate of drug-likeness (QED) is 0.188. The van der Waals surface area contributed by atoms with Gasteiger partial charge in [0.1, 0.15) is 16.2 Å². The number of hydrogen-bond donors (Lipinski definition) is 3. The number of nitrogens with zero attached hydrogens (tertiary/aromatic N) is 3. The van der Waals surface area contributed by atoms with Crippen LogP contribution in [0.25, 0.3) is 10.3 Å². The number of pyridine rings is 1. The predicted octanol–water partition coefficient (Wildman–Crippen LogP) is 2.41. The molecule has 1 saturated carbocycles. The minimum atomic E-state index is -3.34. The molecule has 1 aliphatic heterocycles. The van der Waals surface area contributed by atoms with Gasteiger partial charge in [-0.15, -0.1) is 0 Å². The summed E-state index contributed by atoms with van der Waals surface area (Å²) in [6.45, 7) is 2.49. The number of likely N-dealkylation sites (N-methyl/N-ethyl adjacent to an activating group) is 1. The summed E-state index contributed by atoms with van der Waals surface area (Å²) in [6.07, 6.45) is 1.78. The Labute approximate surface area is 218 Å². The first-order valence-corrected chi connectivity index (χ1v) is 14.4. The van der Waals surface area contributed by atoms with E-state index in [9.17, 15) is 13.2 Å². The van der Waals surface area contributed by atoms with E-state index in [2.05, 4.69) is 31.1 Å². The van der Waals surface area contributed by atoms with Crippen molar-refractivity contribution in [3.05, 3.63) is 42.0 Å². The molecule has 1 atom stereocenters. The molecule has 3 N–H and O–H groups in total. The second kappa shape index (κ2) is 11.1. The van der Waals surface area contributed by atoms with Gasteiger partial charge >= 0.3 is 0 Å². The summed E-state index contributed by atoms with van der Waals surface area (Å²) >= 11 is 1.25. The molecule has 0 radical (unpaired) electrons. The Morgan fingerprint density at radius 1 is 1.14 bits per heavy atom. The molecule has 37 heavy (non-hydrogen) atoms. The maximum Gasteiger partial charge on any atom is 0.280 e. The van der Waals surface area contributed by atoms with Crippen LogP contribution in [-0.2, 0) is 24.2 Å². The molecule has 1 saturated heterocycles. The van der Waals surface area contributed by atoms with Crippen molar-refractivity contribution in [2.45, 2.75) is 35.5 Å². The van der Waals surface area contributed by atoms with E-state index in [1.807, 2.05) is 19.2 Å². The van der Waals surface area contributed by atoms with E-state index in [1.165, 1.54) is 23.5 Å². The van der Waals surface area contributed by atoms with Crippen LogP contribution in [0.4, 0.5) is 10.9 Å². The van der Waals surface area contributed by atoms with Gasteiger partial charge in [-0.3, -0.25) is 10.1 Å². The number of fused-ring (bicyclic) bond motifs is 1. The van der Waals surface area contributed by atoms with Crippen molar-refractivity contribution in [3.8, 4) is 0 Å². The van der Waals surface area contributed by atoms with Crippen LogP contribution in [0.15, 0.2) is 46.4 Å². The lowest BCUT2D eigenvalue weighted by Crippen LogP contribution is -2.25. The molecule has 1 aliphatic carbocycles. The van der Waals surface area contributed by atoms with Gasteiger partial charge in [0, 0.05) is 25.1 Å². The van der Waals surface area contributed by atoms with E-state index < -0.39 is 15.7 Å². The number of aromatic nitrogens is 2. The van der Waals surface area contributed by atoms with Gasteiger partial charge in [-0.2, -0.15) is 0 Å². The molecule has 196 valence electrons. The lowest BCUT2D eigenvalue weighted by molar-refractivity contribution is -0.110. The summed E-state index contributed by atoms with van der Waals surface area (Å²) in [5.41, 5.74) is 1.11. The van der Waals surface area contributed by atoms with E-state index in [0.29, 0.717) is 53.5 Å². The Kier molecular flexibility index (Phi) is 7.65. The molecule has 3 aromatic rings. The fourth-order valence-electron chi connectivity index (χ4n) is 3.76. The highest BCUT2D eigenvalue weighted by atomic mass is 32.2. The second-order valence-corrected chi connectivity index (χ2v) is 12.0. The van der Waals surface area contributed by atoms with E-state index >= 15 is 0 Å². The Bertz CT molecular complexity index is 1400. The number of nitrogens with one attached hydrogen (secondary N) is 3. The van der Waals surface area contributed by atoms with Crippen molar-refractivity contribution in [1.29, 1.82) is 0 Å². The van der Waals surface area contributed by atoms with E-state index in [1.54, 1.807) is 12.1 Å². The van der Waals surface area contributed by atoms with Gasteiger partial charge in [0.2, 0.25) is 0 Å². The number of thiazole rings is 1. The highest BCUT2D eigenvalue weighted by Crippen LogP contribution is 2.33. The minimum Gasteiger partial charge on any atom is -0.389 e. The van der Waals surface area contributed by atoms with Crippen molar-refractivity contribution in [1.82, 2.24) is 15.3 Å². The monoisotopic (exact) mass is 544 g/mol. The van der Waals surface area contributed by atoms with Crippen molar-refractivity contribution in [2.24, 2.45) is 5.16 Å². The van der Waals surface area contributed by atoms with Gasteiger partial charge in [0.05, 0.1) is 23.4 Å². The van der Waals surface area contributed by atoms with Crippen molar-refractivity contribution in [3.63, 3.8) is 0 Å². The van der Waals surface area contributed by atoms with Crippen LogP contribution in [0.1, 0.15) is 24.8 Å². The number of rotatable bonds is 11. The van der Waals surface area contributed by atoms with E-state index in [-0.39, 0.29) is 22.0 Å². The largest absolute Gasteiger partial charge is 0.389 e. The molecule has 0 bridgehead atoms. The van der Waals surface area contributed by atoms with Crippen molar-refractivity contribution in [2.75, 3.05) is 44.0 Å². The number of anilines is 2.